The van der Waals surface area contributed by atoms with Crippen LogP contribution in [0.2, 0.25) is 0 Å². The zero-order valence-corrected chi connectivity index (χ0v) is 15.9. The second-order valence-corrected chi connectivity index (χ2v) is 7.27. The topological polar surface area (TPSA) is 38.1 Å². The molecule has 27 heavy (non-hydrogen) atoms. The van der Waals surface area contributed by atoms with E-state index in [0.717, 1.165) is 25.9 Å². The van der Waals surface area contributed by atoms with Crippen molar-refractivity contribution in [2.24, 2.45) is 7.05 Å². The van der Waals surface area contributed by atoms with Crippen LogP contribution >= 0.6 is 0 Å². The molecule has 0 unspecified atom stereocenters. The molecule has 3 aromatic rings. The van der Waals surface area contributed by atoms with Crippen LogP contribution in [-0.2, 0) is 11.8 Å². The summed E-state index contributed by atoms with van der Waals surface area (Å²) in [7, 11) is 2.17. The fraction of sp³-hybridized carbons (Fsp3) is 0.304. The molecule has 4 heteroatoms. The Bertz CT molecular complexity index is 923. The van der Waals surface area contributed by atoms with E-state index >= 15 is 0 Å². The Balaban J connectivity index is 1.76. The molecule has 1 saturated heterocycles. The summed E-state index contributed by atoms with van der Waals surface area (Å²) in [5.41, 5.74) is 6.25. The van der Waals surface area contributed by atoms with Gasteiger partial charge in [-0.15, -0.1) is 0 Å². The van der Waals surface area contributed by atoms with Gasteiger partial charge in [0.1, 0.15) is 0 Å². The van der Waals surface area contributed by atoms with Gasteiger partial charge in [-0.05, 0) is 42.2 Å². The van der Waals surface area contributed by atoms with Crippen molar-refractivity contribution >= 4 is 5.91 Å². The fourth-order valence-electron chi connectivity index (χ4n) is 4.20. The maximum absolute atomic E-state index is 11.7. The lowest BCUT2D eigenvalue weighted by Gasteiger charge is -2.31. The molecule has 0 N–H and O–H groups in total. The summed E-state index contributed by atoms with van der Waals surface area (Å²) in [4.78, 5) is 17.8. The van der Waals surface area contributed by atoms with E-state index in [1.165, 1.54) is 28.1 Å². The average Bonchev–Trinajstić information content (AvgIpc) is 3.06. The van der Waals surface area contributed by atoms with Gasteiger partial charge in [-0.3, -0.25) is 9.78 Å². The lowest BCUT2D eigenvalue weighted by molar-refractivity contribution is -0.129. The first-order valence-electron chi connectivity index (χ1n) is 9.56. The first-order valence-corrected chi connectivity index (χ1v) is 9.56. The van der Waals surface area contributed by atoms with Gasteiger partial charge in [-0.25, -0.2) is 0 Å². The maximum atomic E-state index is 11.7. The van der Waals surface area contributed by atoms with Crippen LogP contribution in [-0.4, -0.2) is 33.4 Å². The highest BCUT2D eigenvalue weighted by Crippen LogP contribution is 2.39. The van der Waals surface area contributed by atoms with Gasteiger partial charge in [0.25, 0.3) is 0 Å². The van der Waals surface area contributed by atoms with Gasteiger partial charge in [0.05, 0.1) is 5.69 Å². The first-order chi connectivity index (χ1) is 13.1. The predicted molar refractivity (Wildman–Crippen MR) is 108 cm³/mol. The van der Waals surface area contributed by atoms with E-state index in [1.807, 2.05) is 17.3 Å². The third-order valence-corrected chi connectivity index (χ3v) is 5.67. The van der Waals surface area contributed by atoms with Crippen LogP contribution in [0.25, 0.3) is 22.4 Å². The first kappa shape index (κ1) is 17.5. The summed E-state index contributed by atoms with van der Waals surface area (Å²) in [5.74, 6) is 0.659. The maximum Gasteiger partial charge on any atom is 0.219 e. The third kappa shape index (κ3) is 3.39. The van der Waals surface area contributed by atoms with Gasteiger partial charge in [-0.1, -0.05) is 30.3 Å². The molecule has 4 rings (SSSR count). The third-order valence-electron chi connectivity index (χ3n) is 5.67. The minimum absolute atomic E-state index is 0.183. The molecule has 0 bridgehead atoms. The molecule has 1 aliphatic heterocycles. The molecule has 2 aromatic heterocycles. The van der Waals surface area contributed by atoms with E-state index in [9.17, 15) is 4.79 Å². The normalized spacial score (nSPS) is 15.1. The number of amides is 1. The molecule has 1 aliphatic rings. The SMILES string of the molecule is CC(=O)N1CCC(c2cc(-c3ccncc3)c(-c3ccccc3)n2C)CC1. The van der Waals surface area contributed by atoms with Gasteiger partial charge < -0.3 is 9.47 Å². The number of carbonyl (C=O) groups excluding carboxylic acids is 1. The highest BCUT2D eigenvalue weighted by atomic mass is 16.2. The molecule has 0 spiro atoms. The number of hydrogen-bond acceptors (Lipinski definition) is 2. The Kier molecular flexibility index (Phi) is 4.80. The minimum Gasteiger partial charge on any atom is -0.347 e. The summed E-state index contributed by atoms with van der Waals surface area (Å²) >= 11 is 0. The van der Waals surface area contributed by atoms with Gasteiger partial charge >= 0.3 is 0 Å². The summed E-state index contributed by atoms with van der Waals surface area (Å²) in [6.07, 6.45) is 5.73. The van der Waals surface area contributed by atoms with E-state index in [1.54, 1.807) is 6.92 Å². The van der Waals surface area contributed by atoms with Crippen molar-refractivity contribution in [2.75, 3.05) is 13.1 Å². The Hall–Kier alpha value is -2.88. The summed E-state index contributed by atoms with van der Waals surface area (Å²) in [6, 6.07) is 17.0. The van der Waals surface area contributed by atoms with Crippen LogP contribution < -0.4 is 0 Å². The number of pyridine rings is 1. The number of likely N-dealkylation sites (tertiary alicyclic amines) is 1. The highest BCUT2D eigenvalue weighted by molar-refractivity contribution is 5.82. The van der Waals surface area contributed by atoms with Gasteiger partial charge in [0.15, 0.2) is 0 Å². The van der Waals surface area contributed by atoms with Crippen molar-refractivity contribution in [1.29, 1.82) is 0 Å². The predicted octanol–water partition coefficient (Wildman–Crippen LogP) is 4.48. The van der Waals surface area contributed by atoms with Crippen LogP contribution in [0.4, 0.5) is 0 Å². The Morgan fingerprint density at radius 2 is 1.67 bits per heavy atom. The van der Waals surface area contributed by atoms with Gasteiger partial charge in [0.2, 0.25) is 5.91 Å². The monoisotopic (exact) mass is 359 g/mol. The molecular formula is C23H25N3O. The second kappa shape index (κ2) is 7.39. The molecule has 0 atom stereocenters. The zero-order valence-electron chi connectivity index (χ0n) is 15.9. The largest absolute Gasteiger partial charge is 0.347 e. The molecular weight excluding hydrogens is 334 g/mol. The lowest BCUT2D eigenvalue weighted by Crippen LogP contribution is -2.36. The van der Waals surface area contributed by atoms with Crippen molar-refractivity contribution in [1.82, 2.24) is 14.5 Å². The Morgan fingerprint density at radius 1 is 1.00 bits per heavy atom. The minimum atomic E-state index is 0.183. The molecule has 1 fully saturated rings. The molecule has 1 amide bonds. The quantitative estimate of drug-likeness (QED) is 0.691. The number of hydrogen-bond donors (Lipinski definition) is 0. The van der Waals surface area contributed by atoms with Crippen LogP contribution in [0.5, 0.6) is 0 Å². The smallest absolute Gasteiger partial charge is 0.219 e. The van der Waals surface area contributed by atoms with Crippen LogP contribution in [0.1, 0.15) is 31.4 Å². The van der Waals surface area contributed by atoms with Gasteiger partial charge in [0, 0.05) is 56.6 Å². The van der Waals surface area contributed by atoms with Crippen molar-refractivity contribution in [2.45, 2.75) is 25.7 Å². The lowest BCUT2D eigenvalue weighted by atomic mass is 9.92. The molecule has 138 valence electrons. The average molecular weight is 359 g/mol. The fourth-order valence-corrected chi connectivity index (χ4v) is 4.20. The summed E-state index contributed by atoms with van der Waals surface area (Å²) in [5, 5.41) is 0. The molecule has 0 saturated carbocycles. The van der Waals surface area contributed by atoms with Crippen LogP contribution in [0, 0.1) is 0 Å². The van der Waals surface area contributed by atoms with Crippen molar-refractivity contribution in [3.05, 3.63) is 66.6 Å². The number of carbonyl (C=O) groups is 1. The van der Waals surface area contributed by atoms with Crippen LogP contribution in [0.15, 0.2) is 60.9 Å². The van der Waals surface area contributed by atoms with Crippen molar-refractivity contribution < 1.29 is 4.79 Å². The van der Waals surface area contributed by atoms with E-state index in [2.05, 4.69) is 65.1 Å². The van der Waals surface area contributed by atoms with Crippen molar-refractivity contribution in [3.63, 3.8) is 0 Å². The summed E-state index contributed by atoms with van der Waals surface area (Å²) in [6.45, 7) is 3.35. The molecule has 1 aromatic carbocycles. The number of aromatic nitrogens is 2. The van der Waals surface area contributed by atoms with E-state index < -0.39 is 0 Å². The zero-order chi connectivity index (χ0) is 18.8. The van der Waals surface area contributed by atoms with Gasteiger partial charge in [-0.2, -0.15) is 0 Å². The van der Waals surface area contributed by atoms with E-state index in [-0.39, 0.29) is 5.91 Å². The Morgan fingerprint density at radius 3 is 2.30 bits per heavy atom. The molecule has 4 nitrogen and oxygen atoms in total. The number of benzene rings is 1. The van der Waals surface area contributed by atoms with E-state index in [4.69, 9.17) is 0 Å². The van der Waals surface area contributed by atoms with E-state index in [0.29, 0.717) is 5.92 Å². The molecule has 0 aliphatic carbocycles. The number of nitrogens with zero attached hydrogens (tertiary/aromatic N) is 3. The Labute approximate surface area is 160 Å². The van der Waals surface area contributed by atoms with Crippen LogP contribution in [0.3, 0.4) is 0 Å². The molecule has 3 heterocycles. The second-order valence-electron chi connectivity index (χ2n) is 7.27. The number of piperidine rings is 1. The molecule has 0 radical (unpaired) electrons. The standard InChI is InChI=1S/C23H25N3O/c1-17(27)26-14-10-19(11-15-26)22-16-21(18-8-12-24-13-9-18)23(25(22)2)20-6-4-3-5-7-20/h3-9,12-13,16,19H,10-11,14-15H2,1-2H3. The number of rotatable bonds is 3. The highest BCUT2D eigenvalue weighted by Gasteiger charge is 2.26. The summed E-state index contributed by atoms with van der Waals surface area (Å²) < 4.78 is 2.35. The van der Waals surface area contributed by atoms with Crippen molar-refractivity contribution in [3.8, 4) is 22.4 Å².